The third-order valence-corrected chi connectivity index (χ3v) is 6.34. The molecular formula is C24H34ClN3O. The molecule has 4 nitrogen and oxygen atoms in total. The van der Waals surface area contributed by atoms with Crippen LogP contribution in [0.25, 0.3) is 5.57 Å². The maximum Gasteiger partial charge on any atom is 0.234 e. The van der Waals surface area contributed by atoms with Gasteiger partial charge in [-0.2, -0.15) is 5.26 Å². The van der Waals surface area contributed by atoms with E-state index in [0.717, 1.165) is 44.7 Å². The zero-order valence-corrected chi connectivity index (χ0v) is 18.3. The van der Waals surface area contributed by atoms with E-state index in [4.69, 9.17) is 5.26 Å². The number of nitrogens with one attached hydrogen (secondary N) is 1. The molecule has 1 saturated carbocycles. The second-order valence-electron chi connectivity index (χ2n) is 8.20. The SMILES string of the molecule is CCc1ccccc1C1=CCN(CCC2CCC(NC(=O)CC#N)CC2)CC1.Cl. The van der Waals surface area contributed by atoms with Gasteiger partial charge in [0.2, 0.25) is 5.91 Å². The summed E-state index contributed by atoms with van der Waals surface area (Å²) in [5.74, 6) is 0.654. The molecule has 2 aliphatic rings. The number of rotatable bonds is 7. The van der Waals surface area contributed by atoms with Gasteiger partial charge < -0.3 is 5.32 Å². The summed E-state index contributed by atoms with van der Waals surface area (Å²) in [4.78, 5) is 14.1. The van der Waals surface area contributed by atoms with Crippen LogP contribution in [0.2, 0.25) is 0 Å². The van der Waals surface area contributed by atoms with Gasteiger partial charge in [0.15, 0.2) is 0 Å². The first-order chi connectivity index (χ1) is 13.7. The van der Waals surface area contributed by atoms with Crippen LogP contribution in [0.5, 0.6) is 0 Å². The Labute approximate surface area is 181 Å². The normalized spacial score (nSPS) is 22.1. The molecule has 0 aromatic heterocycles. The fourth-order valence-electron chi connectivity index (χ4n) is 4.61. The molecule has 1 aromatic rings. The van der Waals surface area contributed by atoms with Crippen molar-refractivity contribution in [2.75, 3.05) is 19.6 Å². The summed E-state index contributed by atoms with van der Waals surface area (Å²) >= 11 is 0. The molecule has 1 aliphatic heterocycles. The van der Waals surface area contributed by atoms with Crippen LogP contribution in [0.1, 0.15) is 63.0 Å². The average molecular weight is 416 g/mol. The van der Waals surface area contributed by atoms with Crippen molar-refractivity contribution in [3.05, 3.63) is 41.5 Å². The molecule has 1 N–H and O–H groups in total. The maximum atomic E-state index is 11.5. The van der Waals surface area contributed by atoms with Crippen molar-refractivity contribution >= 4 is 23.9 Å². The second kappa shape index (κ2) is 12.0. The lowest BCUT2D eigenvalue weighted by atomic mass is 9.84. The Balaban J connectivity index is 0.00000300. The highest BCUT2D eigenvalue weighted by Crippen LogP contribution is 2.29. The zero-order valence-electron chi connectivity index (χ0n) is 17.5. The monoisotopic (exact) mass is 415 g/mol. The van der Waals surface area contributed by atoms with Crippen molar-refractivity contribution < 1.29 is 4.79 Å². The molecule has 1 fully saturated rings. The Hall–Kier alpha value is -1.83. The summed E-state index contributed by atoms with van der Waals surface area (Å²) in [7, 11) is 0. The van der Waals surface area contributed by atoms with Crippen LogP contribution in [-0.4, -0.2) is 36.5 Å². The fourth-order valence-corrected chi connectivity index (χ4v) is 4.61. The Morgan fingerprint density at radius 2 is 2.00 bits per heavy atom. The summed E-state index contributed by atoms with van der Waals surface area (Å²) in [5.41, 5.74) is 4.42. The minimum absolute atomic E-state index is 0. The Morgan fingerprint density at radius 1 is 1.24 bits per heavy atom. The number of hydrogen-bond acceptors (Lipinski definition) is 3. The maximum absolute atomic E-state index is 11.5. The molecule has 1 heterocycles. The topological polar surface area (TPSA) is 56.1 Å². The van der Waals surface area contributed by atoms with Crippen LogP contribution in [-0.2, 0) is 11.2 Å². The highest BCUT2D eigenvalue weighted by Gasteiger charge is 2.23. The van der Waals surface area contributed by atoms with Crippen LogP contribution in [0.3, 0.4) is 0 Å². The van der Waals surface area contributed by atoms with E-state index in [1.54, 1.807) is 0 Å². The van der Waals surface area contributed by atoms with Gasteiger partial charge in [0.1, 0.15) is 6.42 Å². The average Bonchev–Trinajstić information content (AvgIpc) is 2.74. The third-order valence-electron chi connectivity index (χ3n) is 6.34. The van der Waals surface area contributed by atoms with Gasteiger partial charge in [-0.1, -0.05) is 37.3 Å². The lowest BCUT2D eigenvalue weighted by Crippen LogP contribution is -2.38. The first kappa shape index (κ1) is 23.4. The number of nitriles is 1. The standard InChI is InChI=1S/C24H33N3O.ClH/c1-2-20-5-3-4-6-23(20)21-13-17-27(18-14-21)16-12-19-7-9-22(10-8-19)26-24(28)11-15-25;/h3-6,13,19,22H,2,7-12,14,16-18H2,1H3,(H,26,28);1H. The van der Waals surface area contributed by atoms with Gasteiger partial charge in [0.05, 0.1) is 6.07 Å². The van der Waals surface area contributed by atoms with Crippen molar-refractivity contribution in [3.8, 4) is 6.07 Å². The lowest BCUT2D eigenvalue weighted by Gasteiger charge is -2.32. The quantitative estimate of drug-likeness (QED) is 0.699. The van der Waals surface area contributed by atoms with Gasteiger partial charge >= 0.3 is 0 Å². The molecule has 0 saturated heterocycles. The van der Waals surface area contributed by atoms with E-state index >= 15 is 0 Å². The van der Waals surface area contributed by atoms with Gasteiger partial charge in [0, 0.05) is 19.1 Å². The first-order valence-electron chi connectivity index (χ1n) is 10.9. The van der Waals surface area contributed by atoms with Crippen molar-refractivity contribution in [1.29, 1.82) is 5.26 Å². The number of aryl methyl sites for hydroxylation is 1. The van der Waals surface area contributed by atoms with E-state index in [1.165, 1.54) is 42.5 Å². The van der Waals surface area contributed by atoms with Crippen LogP contribution >= 0.6 is 12.4 Å². The van der Waals surface area contributed by atoms with Crippen LogP contribution in [0.15, 0.2) is 30.3 Å². The van der Waals surface area contributed by atoms with Crippen LogP contribution < -0.4 is 5.32 Å². The Morgan fingerprint density at radius 3 is 2.66 bits per heavy atom. The van der Waals surface area contributed by atoms with E-state index < -0.39 is 0 Å². The summed E-state index contributed by atoms with van der Waals surface area (Å²) < 4.78 is 0. The van der Waals surface area contributed by atoms with Crippen molar-refractivity contribution in [1.82, 2.24) is 10.2 Å². The van der Waals surface area contributed by atoms with Gasteiger partial charge in [-0.25, -0.2) is 0 Å². The van der Waals surface area contributed by atoms with Gasteiger partial charge in [-0.05, 0) is 74.1 Å². The van der Waals surface area contributed by atoms with Crippen LogP contribution in [0, 0.1) is 17.2 Å². The minimum Gasteiger partial charge on any atom is -0.352 e. The summed E-state index contributed by atoms with van der Waals surface area (Å²) in [6.45, 7) is 5.63. The van der Waals surface area contributed by atoms with Gasteiger partial charge in [0.25, 0.3) is 0 Å². The molecule has 1 aromatic carbocycles. The zero-order chi connectivity index (χ0) is 19.8. The van der Waals surface area contributed by atoms with E-state index in [1.807, 2.05) is 6.07 Å². The molecular weight excluding hydrogens is 382 g/mol. The Kier molecular flexibility index (Phi) is 9.70. The number of carbonyl (C=O) groups excluding carboxylic acids is 1. The van der Waals surface area contributed by atoms with E-state index in [-0.39, 0.29) is 30.8 Å². The van der Waals surface area contributed by atoms with Crippen molar-refractivity contribution in [2.24, 2.45) is 5.92 Å². The highest BCUT2D eigenvalue weighted by atomic mass is 35.5. The summed E-state index contributed by atoms with van der Waals surface area (Å²) in [5, 5.41) is 11.6. The van der Waals surface area contributed by atoms with Gasteiger partial charge in [-0.3, -0.25) is 9.69 Å². The molecule has 0 bridgehead atoms. The Bertz CT molecular complexity index is 732. The number of amides is 1. The second-order valence-corrected chi connectivity index (χ2v) is 8.20. The number of benzene rings is 1. The number of halogens is 1. The number of carbonyl (C=O) groups is 1. The molecule has 1 aliphatic carbocycles. The van der Waals surface area contributed by atoms with E-state index in [2.05, 4.69) is 47.5 Å². The molecule has 158 valence electrons. The molecule has 29 heavy (non-hydrogen) atoms. The number of hydrogen-bond donors (Lipinski definition) is 1. The predicted molar refractivity (Wildman–Crippen MR) is 121 cm³/mol. The van der Waals surface area contributed by atoms with Gasteiger partial charge in [-0.15, -0.1) is 12.4 Å². The summed E-state index contributed by atoms with van der Waals surface area (Å²) in [6, 6.07) is 11.0. The summed E-state index contributed by atoms with van der Waals surface area (Å²) in [6.07, 6.45) is 10.4. The molecule has 3 rings (SSSR count). The smallest absolute Gasteiger partial charge is 0.234 e. The lowest BCUT2D eigenvalue weighted by molar-refractivity contribution is -0.121. The third kappa shape index (κ3) is 6.87. The fraction of sp³-hybridized carbons (Fsp3) is 0.583. The predicted octanol–water partition coefficient (Wildman–Crippen LogP) is 4.74. The van der Waals surface area contributed by atoms with E-state index in [0.29, 0.717) is 0 Å². The van der Waals surface area contributed by atoms with E-state index in [9.17, 15) is 4.79 Å². The highest BCUT2D eigenvalue weighted by molar-refractivity contribution is 5.85. The molecule has 0 spiro atoms. The minimum atomic E-state index is -0.119. The van der Waals surface area contributed by atoms with Crippen molar-refractivity contribution in [3.63, 3.8) is 0 Å². The molecule has 1 amide bonds. The van der Waals surface area contributed by atoms with Crippen molar-refractivity contribution in [2.45, 2.75) is 64.3 Å². The number of nitrogens with zero attached hydrogens (tertiary/aromatic N) is 2. The largest absolute Gasteiger partial charge is 0.352 e. The molecule has 5 heteroatoms. The molecule has 0 radical (unpaired) electrons. The molecule has 0 unspecified atom stereocenters. The molecule has 0 atom stereocenters. The van der Waals surface area contributed by atoms with Crippen LogP contribution in [0.4, 0.5) is 0 Å². The first-order valence-corrected chi connectivity index (χ1v) is 10.9.